The third-order valence-corrected chi connectivity index (χ3v) is 8.41. The lowest BCUT2D eigenvalue weighted by Gasteiger charge is -2.34. The Morgan fingerprint density at radius 2 is 1.60 bits per heavy atom. The van der Waals surface area contributed by atoms with E-state index in [-0.39, 0.29) is 30.6 Å². The number of hydrogen-bond donors (Lipinski definition) is 1. The van der Waals surface area contributed by atoms with Crippen LogP contribution in [0.2, 0.25) is 10.0 Å². The molecule has 1 atom stereocenters. The summed E-state index contributed by atoms with van der Waals surface area (Å²) in [7, 11) is -3.93. The molecule has 0 spiro atoms. The van der Waals surface area contributed by atoms with Crippen molar-refractivity contribution in [2.75, 3.05) is 30.3 Å². The maximum Gasteiger partial charge on any atom is 0.244 e. The van der Waals surface area contributed by atoms with E-state index in [9.17, 15) is 18.0 Å². The largest absolute Gasteiger partial charge is 0.486 e. The molecule has 0 bridgehead atoms. The fraction of sp³-hybridized carbons (Fsp3) is 0.333. The molecule has 0 aromatic heterocycles. The Morgan fingerprint density at radius 1 is 0.905 bits per heavy atom. The van der Waals surface area contributed by atoms with Crippen LogP contribution in [0.4, 0.5) is 5.69 Å². The maximum absolute atomic E-state index is 14.2. The predicted molar refractivity (Wildman–Crippen MR) is 164 cm³/mol. The molecule has 1 N–H and O–H groups in total. The summed E-state index contributed by atoms with van der Waals surface area (Å²) in [6.45, 7) is 3.78. The highest BCUT2D eigenvalue weighted by Gasteiger charge is 2.33. The zero-order valence-electron chi connectivity index (χ0n) is 23.5. The number of anilines is 1. The number of nitrogens with one attached hydrogen (secondary N) is 1. The van der Waals surface area contributed by atoms with E-state index >= 15 is 0 Å². The van der Waals surface area contributed by atoms with Gasteiger partial charge in [-0.05, 0) is 49.2 Å². The number of amides is 2. The predicted octanol–water partition coefficient (Wildman–Crippen LogP) is 4.70. The summed E-state index contributed by atoms with van der Waals surface area (Å²) < 4.78 is 38.2. The second-order valence-electron chi connectivity index (χ2n) is 10.2. The lowest BCUT2D eigenvalue weighted by atomic mass is 10.0. The number of carbonyl (C=O) groups excluding carboxylic acids is 2. The molecule has 42 heavy (non-hydrogen) atoms. The van der Waals surface area contributed by atoms with Crippen LogP contribution in [0.5, 0.6) is 11.5 Å². The average Bonchev–Trinajstić information content (AvgIpc) is 2.94. The van der Waals surface area contributed by atoms with Crippen LogP contribution in [0.25, 0.3) is 0 Å². The highest BCUT2D eigenvalue weighted by atomic mass is 35.5. The van der Waals surface area contributed by atoms with Gasteiger partial charge in [-0.3, -0.25) is 13.9 Å². The molecule has 0 radical (unpaired) electrons. The van der Waals surface area contributed by atoms with Gasteiger partial charge in [0.15, 0.2) is 11.5 Å². The van der Waals surface area contributed by atoms with Crippen molar-refractivity contribution >= 4 is 50.7 Å². The number of sulfonamides is 1. The normalized spacial score (nSPS) is 13.4. The Hall–Kier alpha value is -3.47. The van der Waals surface area contributed by atoms with Crippen LogP contribution in [0.1, 0.15) is 25.0 Å². The quantitative estimate of drug-likeness (QED) is 0.328. The molecule has 3 aromatic carbocycles. The van der Waals surface area contributed by atoms with Crippen LogP contribution in [0.15, 0.2) is 66.7 Å². The summed E-state index contributed by atoms with van der Waals surface area (Å²) in [4.78, 5) is 29.2. The van der Waals surface area contributed by atoms with E-state index in [1.807, 2.05) is 44.2 Å². The third kappa shape index (κ3) is 8.08. The van der Waals surface area contributed by atoms with Crippen LogP contribution < -0.4 is 19.1 Å². The Bertz CT molecular complexity index is 1540. The molecule has 0 saturated heterocycles. The molecule has 4 rings (SSSR count). The highest BCUT2D eigenvalue weighted by molar-refractivity contribution is 7.92. The van der Waals surface area contributed by atoms with Crippen molar-refractivity contribution in [2.45, 2.75) is 38.9 Å². The summed E-state index contributed by atoms with van der Waals surface area (Å²) in [6.07, 6.45) is 1.22. The standard InChI is InChI=1S/C30H33Cl2N3O6S/c1-20(2)33-30(37)26(16-21-7-5-4-6-8-21)34(18-22-9-11-24(31)25(32)15-22)29(36)19-35(42(3,38)39)23-10-12-27-28(17-23)41-14-13-40-27/h4-12,15,17,20,26H,13-14,16,18-19H2,1-3H3,(H,33,37)/t26-/m0/s1. The molecule has 1 aliphatic heterocycles. The number of nitrogens with zero attached hydrogens (tertiary/aromatic N) is 2. The number of benzene rings is 3. The van der Waals surface area contributed by atoms with Gasteiger partial charge in [0.1, 0.15) is 25.8 Å². The van der Waals surface area contributed by atoms with E-state index in [2.05, 4.69) is 5.32 Å². The summed E-state index contributed by atoms with van der Waals surface area (Å²) in [5.74, 6) is -0.0844. The molecular weight excluding hydrogens is 601 g/mol. The molecule has 224 valence electrons. The van der Waals surface area contributed by atoms with Gasteiger partial charge in [0.25, 0.3) is 0 Å². The SMILES string of the molecule is CC(C)NC(=O)[C@H](Cc1ccccc1)N(Cc1ccc(Cl)c(Cl)c1)C(=O)CN(c1ccc2c(c1)OCCO2)S(C)(=O)=O. The number of hydrogen-bond acceptors (Lipinski definition) is 6. The van der Waals surface area contributed by atoms with E-state index in [1.165, 1.54) is 11.0 Å². The van der Waals surface area contributed by atoms with Gasteiger partial charge in [-0.2, -0.15) is 0 Å². The number of rotatable bonds is 11. The molecule has 3 aromatic rings. The average molecular weight is 635 g/mol. The minimum atomic E-state index is -3.93. The monoisotopic (exact) mass is 633 g/mol. The van der Waals surface area contributed by atoms with Crippen molar-refractivity contribution in [3.05, 3.63) is 87.9 Å². The van der Waals surface area contributed by atoms with Gasteiger partial charge in [0.05, 0.1) is 22.0 Å². The maximum atomic E-state index is 14.2. The minimum Gasteiger partial charge on any atom is -0.486 e. The fourth-order valence-electron chi connectivity index (χ4n) is 4.57. The van der Waals surface area contributed by atoms with E-state index in [1.54, 1.807) is 30.3 Å². The summed E-state index contributed by atoms with van der Waals surface area (Å²) in [5.41, 5.74) is 1.69. The minimum absolute atomic E-state index is 0.0164. The van der Waals surface area contributed by atoms with Gasteiger partial charge in [-0.15, -0.1) is 0 Å². The van der Waals surface area contributed by atoms with Crippen molar-refractivity contribution in [2.24, 2.45) is 0 Å². The van der Waals surface area contributed by atoms with Crippen LogP contribution in [-0.4, -0.2) is 63.2 Å². The zero-order chi connectivity index (χ0) is 30.4. The van der Waals surface area contributed by atoms with Gasteiger partial charge in [-0.25, -0.2) is 8.42 Å². The second kappa shape index (κ2) is 13.7. The summed E-state index contributed by atoms with van der Waals surface area (Å²) >= 11 is 12.4. The Kier molecular flexibility index (Phi) is 10.2. The van der Waals surface area contributed by atoms with Gasteiger partial charge in [0, 0.05) is 25.1 Å². The van der Waals surface area contributed by atoms with Gasteiger partial charge in [-0.1, -0.05) is 59.6 Å². The van der Waals surface area contributed by atoms with E-state index < -0.39 is 28.5 Å². The number of halogens is 2. The second-order valence-corrected chi connectivity index (χ2v) is 13.0. The van der Waals surface area contributed by atoms with Crippen molar-refractivity contribution < 1.29 is 27.5 Å². The lowest BCUT2D eigenvalue weighted by Crippen LogP contribution is -2.54. The third-order valence-electron chi connectivity index (χ3n) is 6.53. The molecule has 1 aliphatic rings. The Balaban J connectivity index is 1.74. The van der Waals surface area contributed by atoms with Crippen LogP contribution in [-0.2, 0) is 32.6 Å². The van der Waals surface area contributed by atoms with Crippen molar-refractivity contribution in [1.29, 1.82) is 0 Å². The van der Waals surface area contributed by atoms with Crippen LogP contribution in [0.3, 0.4) is 0 Å². The van der Waals surface area contributed by atoms with Gasteiger partial charge in [0.2, 0.25) is 21.8 Å². The molecule has 0 saturated carbocycles. The molecule has 9 nitrogen and oxygen atoms in total. The molecule has 0 fully saturated rings. The van der Waals surface area contributed by atoms with Crippen LogP contribution >= 0.6 is 23.2 Å². The number of carbonyl (C=O) groups is 2. The Labute approximate surface area is 256 Å². The molecular formula is C30H33Cl2N3O6S. The number of ether oxygens (including phenoxy) is 2. The van der Waals surface area contributed by atoms with E-state index in [0.717, 1.165) is 16.1 Å². The molecule has 0 unspecified atom stereocenters. The first-order chi connectivity index (χ1) is 19.9. The topological polar surface area (TPSA) is 105 Å². The molecule has 12 heteroatoms. The number of fused-ring (bicyclic) bond motifs is 1. The van der Waals surface area contributed by atoms with Gasteiger partial charge >= 0.3 is 0 Å². The first-order valence-corrected chi connectivity index (χ1v) is 16.0. The van der Waals surface area contributed by atoms with E-state index in [0.29, 0.717) is 40.3 Å². The van der Waals surface area contributed by atoms with Crippen LogP contribution in [0, 0.1) is 0 Å². The summed E-state index contributed by atoms with van der Waals surface area (Å²) in [6, 6.07) is 17.8. The smallest absolute Gasteiger partial charge is 0.244 e. The van der Waals surface area contributed by atoms with E-state index in [4.69, 9.17) is 32.7 Å². The van der Waals surface area contributed by atoms with Crippen molar-refractivity contribution in [3.8, 4) is 11.5 Å². The van der Waals surface area contributed by atoms with Gasteiger partial charge < -0.3 is 19.7 Å². The Morgan fingerprint density at radius 3 is 2.24 bits per heavy atom. The first-order valence-electron chi connectivity index (χ1n) is 13.4. The zero-order valence-corrected chi connectivity index (χ0v) is 25.9. The summed E-state index contributed by atoms with van der Waals surface area (Å²) in [5, 5.41) is 3.55. The molecule has 2 amide bonds. The highest BCUT2D eigenvalue weighted by Crippen LogP contribution is 2.35. The first kappa shape index (κ1) is 31.5. The lowest BCUT2D eigenvalue weighted by molar-refractivity contribution is -0.140. The van der Waals surface area contributed by atoms with Crippen molar-refractivity contribution in [1.82, 2.24) is 10.2 Å². The van der Waals surface area contributed by atoms with Crippen molar-refractivity contribution in [3.63, 3.8) is 0 Å². The fourth-order valence-corrected chi connectivity index (χ4v) is 5.73. The molecule has 0 aliphatic carbocycles. The molecule has 1 heterocycles.